The first-order valence-electron chi connectivity index (χ1n) is 9.02. The molecule has 0 aliphatic carbocycles. The highest BCUT2D eigenvalue weighted by Crippen LogP contribution is 2.28. The van der Waals surface area contributed by atoms with E-state index >= 15 is 0 Å². The zero-order valence-electron chi connectivity index (χ0n) is 16.8. The lowest BCUT2D eigenvalue weighted by Gasteiger charge is -2.24. The average molecular weight is 423 g/mol. The van der Waals surface area contributed by atoms with Gasteiger partial charge >= 0.3 is 5.97 Å². The van der Waals surface area contributed by atoms with Gasteiger partial charge in [-0.05, 0) is 52.0 Å². The number of furan rings is 1. The third-order valence-electron chi connectivity index (χ3n) is 4.27. The number of anilines is 2. The highest BCUT2D eigenvalue weighted by Gasteiger charge is 2.19. The van der Waals surface area contributed by atoms with Crippen LogP contribution >= 0.6 is 0 Å². The van der Waals surface area contributed by atoms with Gasteiger partial charge in [0.15, 0.2) is 6.61 Å². The Kier molecular flexibility index (Phi) is 7.04. The number of nitrogens with two attached hydrogens (primary N) is 1. The van der Waals surface area contributed by atoms with Gasteiger partial charge in [-0.3, -0.25) is 4.79 Å². The molecule has 0 aliphatic heterocycles. The van der Waals surface area contributed by atoms with E-state index in [-0.39, 0.29) is 16.1 Å². The second kappa shape index (κ2) is 9.10. The Morgan fingerprint density at radius 2 is 1.83 bits per heavy atom. The number of nitrogens with one attached hydrogen (secondary N) is 1. The van der Waals surface area contributed by atoms with Gasteiger partial charge in [0.2, 0.25) is 10.0 Å². The average Bonchev–Trinajstić information content (AvgIpc) is 2.99. The van der Waals surface area contributed by atoms with Crippen molar-refractivity contribution in [3.05, 3.63) is 41.3 Å². The molecular formula is C19H25N3O6S. The monoisotopic (exact) mass is 423 g/mol. The second-order valence-electron chi connectivity index (χ2n) is 6.35. The number of nitrogens with zero attached hydrogens (tertiary/aromatic N) is 1. The summed E-state index contributed by atoms with van der Waals surface area (Å²) in [6.07, 6.45) is 0. The van der Waals surface area contributed by atoms with Crippen LogP contribution in [0.2, 0.25) is 0 Å². The molecule has 2 aromatic rings. The molecule has 0 radical (unpaired) electrons. The number of primary sulfonamides is 1. The maximum absolute atomic E-state index is 12.3. The Morgan fingerprint density at radius 1 is 1.17 bits per heavy atom. The van der Waals surface area contributed by atoms with Crippen molar-refractivity contribution in [1.29, 1.82) is 0 Å². The number of carbonyl (C=O) groups is 2. The molecule has 0 saturated heterocycles. The number of hydrogen-bond acceptors (Lipinski definition) is 7. The summed E-state index contributed by atoms with van der Waals surface area (Å²) in [5.74, 6) is -0.340. The Hall–Kier alpha value is -2.85. The standard InChI is InChI=1S/C19H25N3O6S/c1-5-22(6-2)17-8-7-14(29(20,25)26)10-16(17)21-18(23)11-27-19(24)15-9-12(3)28-13(15)4/h7-10H,5-6,11H2,1-4H3,(H,21,23)(H2,20,25,26). The Morgan fingerprint density at radius 3 is 2.34 bits per heavy atom. The quantitative estimate of drug-likeness (QED) is 0.622. The number of ether oxygens (including phenoxy) is 1. The van der Waals surface area contributed by atoms with Crippen LogP contribution in [-0.4, -0.2) is 40.0 Å². The van der Waals surface area contributed by atoms with Crippen LogP contribution in [0.15, 0.2) is 33.6 Å². The minimum Gasteiger partial charge on any atom is -0.466 e. The van der Waals surface area contributed by atoms with Gasteiger partial charge in [-0.2, -0.15) is 0 Å². The summed E-state index contributed by atoms with van der Waals surface area (Å²) >= 11 is 0. The highest BCUT2D eigenvalue weighted by atomic mass is 32.2. The van der Waals surface area contributed by atoms with Crippen LogP contribution < -0.4 is 15.4 Å². The van der Waals surface area contributed by atoms with Gasteiger partial charge in [0.25, 0.3) is 5.91 Å². The minimum absolute atomic E-state index is 0.134. The molecule has 0 atom stereocenters. The topological polar surface area (TPSA) is 132 Å². The van der Waals surface area contributed by atoms with Crippen LogP contribution in [0.1, 0.15) is 35.7 Å². The smallest absolute Gasteiger partial charge is 0.342 e. The number of sulfonamides is 1. The summed E-state index contributed by atoms with van der Waals surface area (Å²) in [6.45, 7) is 7.92. The normalized spacial score (nSPS) is 11.2. The molecule has 0 bridgehead atoms. The molecule has 0 saturated carbocycles. The zero-order chi connectivity index (χ0) is 21.8. The van der Waals surface area contributed by atoms with Gasteiger partial charge in [0.1, 0.15) is 17.1 Å². The molecule has 2 rings (SSSR count). The molecule has 0 spiro atoms. The zero-order valence-corrected chi connectivity index (χ0v) is 17.6. The van der Waals surface area contributed by atoms with Crippen molar-refractivity contribution in [3.63, 3.8) is 0 Å². The first-order chi connectivity index (χ1) is 13.6. The number of amides is 1. The summed E-state index contributed by atoms with van der Waals surface area (Å²) < 4.78 is 33.7. The van der Waals surface area contributed by atoms with Gasteiger partial charge in [-0.25, -0.2) is 18.4 Å². The van der Waals surface area contributed by atoms with Crippen LogP contribution in [0.5, 0.6) is 0 Å². The number of benzene rings is 1. The van der Waals surface area contributed by atoms with E-state index in [0.29, 0.717) is 30.3 Å². The second-order valence-corrected chi connectivity index (χ2v) is 7.91. The van der Waals surface area contributed by atoms with E-state index in [1.54, 1.807) is 19.9 Å². The summed E-state index contributed by atoms with van der Waals surface area (Å²) in [5, 5.41) is 7.79. The van der Waals surface area contributed by atoms with Gasteiger partial charge in [-0.1, -0.05) is 0 Å². The van der Waals surface area contributed by atoms with Crippen molar-refractivity contribution in [3.8, 4) is 0 Å². The van der Waals surface area contributed by atoms with Crippen molar-refractivity contribution in [2.75, 3.05) is 29.9 Å². The largest absolute Gasteiger partial charge is 0.466 e. The Labute approximate surface area is 169 Å². The van der Waals surface area contributed by atoms with Gasteiger partial charge < -0.3 is 19.4 Å². The van der Waals surface area contributed by atoms with E-state index in [2.05, 4.69) is 5.32 Å². The molecule has 0 unspecified atom stereocenters. The highest BCUT2D eigenvalue weighted by molar-refractivity contribution is 7.89. The Bertz CT molecular complexity index is 1010. The van der Waals surface area contributed by atoms with E-state index in [1.807, 2.05) is 18.7 Å². The Balaban J connectivity index is 2.19. The number of carbonyl (C=O) groups excluding carboxylic acids is 2. The van der Waals surface area contributed by atoms with E-state index in [0.717, 1.165) is 0 Å². The minimum atomic E-state index is -3.95. The summed E-state index contributed by atoms with van der Waals surface area (Å²) in [7, 11) is -3.95. The fourth-order valence-electron chi connectivity index (χ4n) is 2.86. The molecule has 1 amide bonds. The lowest BCUT2D eigenvalue weighted by molar-refractivity contribution is -0.119. The van der Waals surface area contributed by atoms with E-state index in [1.165, 1.54) is 18.2 Å². The molecule has 9 nitrogen and oxygen atoms in total. The van der Waals surface area contributed by atoms with Gasteiger partial charge in [0, 0.05) is 13.1 Å². The van der Waals surface area contributed by atoms with E-state index < -0.39 is 28.5 Å². The van der Waals surface area contributed by atoms with Crippen LogP contribution in [0.25, 0.3) is 0 Å². The molecule has 29 heavy (non-hydrogen) atoms. The predicted octanol–water partition coefficient (Wildman–Crippen LogP) is 2.19. The third-order valence-corrected chi connectivity index (χ3v) is 5.18. The van der Waals surface area contributed by atoms with Crippen molar-refractivity contribution in [1.82, 2.24) is 0 Å². The SMILES string of the molecule is CCN(CC)c1ccc(S(N)(=O)=O)cc1NC(=O)COC(=O)c1cc(C)oc1C. The van der Waals surface area contributed by atoms with Crippen LogP contribution in [0.3, 0.4) is 0 Å². The van der Waals surface area contributed by atoms with E-state index in [9.17, 15) is 18.0 Å². The van der Waals surface area contributed by atoms with Crippen molar-refractivity contribution < 1.29 is 27.2 Å². The maximum atomic E-state index is 12.3. The van der Waals surface area contributed by atoms with Crippen molar-refractivity contribution in [2.24, 2.45) is 5.14 Å². The van der Waals surface area contributed by atoms with Crippen molar-refractivity contribution in [2.45, 2.75) is 32.6 Å². The molecule has 10 heteroatoms. The lowest BCUT2D eigenvalue weighted by atomic mass is 10.2. The number of rotatable bonds is 8. The first kappa shape index (κ1) is 22.4. The number of hydrogen-bond donors (Lipinski definition) is 2. The third kappa shape index (κ3) is 5.58. The molecule has 1 aromatic carbocycles. The number of esters is 1. The first-order valence-corrected chi connectivity index (χ1v) is 10.6. The predicted molar refractivity (Wildman–Crippen MR) is 108 cm³/mol. The van der Waals surface area contributed by atoms with Crippen molar-refractivity contribution >= 4 is 33.3 Å². The van der Waals surface area contributed by atoms with Crippen LogP contribution in [0.4, 0.5) is 11.4 Å². The molecule has 0 aliphatic rings. The molecule has 1 aromatic heterocycles. The molecule has 158 valence electrons. The lowest BCUT2D eigenvalue weighted by Crippen LogP contribution is -2.26. The summed E-state index contributed by atoms with van der Waals surface area (Å²) in [5.41, 5.74) is 1.13. The molecule has 3 N–H and O–H groups in total. The maximum Gasteiger partial charge on any atom is 0.342 e. The summed E-state index contributed by atoms with van der Waals surface area (Å²) in [6, 6.07) is 5.77. The summed E-state index contributed by atoms with van der Waals surface area (Å²) in [4.78, 5) is 26.3. The molecule has 0 fully saturated rings. The fraction of sp³-hybridized carbons (Fsp3) is 0.368. The van der Waals surface area contributed by atoms with Crippen LogP contribution in [0, 0.1) is 13.8 Å². The number of aryl methyl sites for hydroxylation is 2. The molecular weight excluding hydrogens is 398 g/mol. The van der Waals surface area contributed by atoms with Gasteiger partial charge in [0.05, 0.1) is 16.3 Å². The van der Waals surface area contributed by atoms with Gasteiger partial charge in [-0.15, -0.1) is 0 Å². The van der Waals surface area contributed by atoms with E-state index in [4.69, 9.17) is 14.3 Å². The van der Waals surface area contributed by atoms with Crippen LogP contribution in [-0.2, 0) is 19.6 Å². The fourth-order valence-corrected chi connectivity index (χ4v) is 3.40. The molecule has 1 heterocycles.